The molecule has 31 heavy (non-hydrogen) atoms. The lowest BCUT2D eigenvalue weighted by Crippen LogP contribution is -2.30. The quantitative estimate of drug-likeness (QED) is 0.381. The van der Waals surface area contributed by atoms with E-state index in [1.54, 1.807) is 0 Å². The largest absolute Gasteiger partial charge is 0.379 e. The number of nitrogens with one attached hydrogen (secondary N) is 1. The first-order chi connectivity index (χ1) is 14.9. The zero-order valence-electron chi connectivity index (χ0n) is 19.1. The van der Waals surface area contributed by atoms with Gasteiger partial charge in [-0.25, -0.2) is 4.98 Å². The van der Waals surface area contributed by atoms with E-state index in [1.807, 2.05) is 19.3 Å². The molecule has 1 N–H and O–H groups in total. The second kappa shape index (κ2) is 9.50. The molecule has 4 heterocycles. The van der Waals surface area contributed by atoms with E-state index in [1.165, 1.54) is 0 Å². The highest BCUT2D eigenvalue weighted by molar-refractivity contribution is 6.76. The van der Waals surface area contributed by atoms with Gasteiger partial charge in [-0.1, -0.05) is 19.6 Å². The zero-order valence-corrected chi connectivity index (χ0v) is 20.1. The van der Waals surface area contributed by atoms with Gasteiger partial charge in [0.05, 0.1) is 23.9 Å². The number of ether oxygens (including phenoxy) is 2. The number of hydrogen-bond acceptors (Lipinski definition) is 5. The third kappa shape index (κ3) is 5.73. The van der Waals surface area contributed by atoms with Gasteiger partial charge in [-0.15, -0.1) is 0 Å². The highest BCUT2D eigenvalue weighted by Crippen LogP contribution is 2.30. The molecule has 1 saturated heterocycles. The second-order valence-electron chi connectivity index (χ2n) is 9.68. The first-order valence-electron chi connectivity index (χ1n) is 11.2. The van der Waals surface area contributed by atoms with Crippen molar-refractivity contribution in [2.45, 2.75) is 58.2 Å². The standard InChI is InChI=1S/C24H34N4O2Si/c1-18-12-19(7-8-25-18)22-13-20-15-26-24(27-21-6-5-9-29-16-21)14-23(20)28(22)17-30-10-11-31(2,3)4/h7-8,12-15,21H,5-6,9-11,16-17H2,1-4H3,(H,26,27)/t21-/m0/s1. The minimum Gasteiger partial charge on any atom is -0.379 e. The van der Waals surface area contributed by atoms with Gasteiger partial charge in [0.1, 0.15) is 12.5 Å². The molecule has 7 heteroatoms. The van der Waals surface area contributed by atoms with E-state index in [4.69, 9.17) is 9.47 Å². The van der Waals surface area contributed by atoms with Crippen LogP contribution < -0.4 is 5.32 Å². The predicted molar refractivity (Wildman–Crippen MR) is 129 cm³/mol. The van der Waals surface area contributed by atoms with Crippen LogP contribution in [0.15, 0.2) is 36.7 Å². The van der Waals surface area contributed by atoms with Gasteiger partial charge in [0.25, 0.3) is 0 Å². The van der Waals surface area contributed by atoms with Gasteiger partial charge in [0.2, 0.25) is 0 Å². The van der Waals surface area contributed by atoms with Crippen LogP contribution in [0.4, 0.5) is 5.82 Å². The number of nitrogens with zero attached hydrogens (tertiary/aromatic N) is 3. The van der Waals surface area contributed by atoms with Gasteiger partial charge in [-0.2, -0.15) is 0 Å². The van der Waals surface area contributed by atoms with Crippen LogP contribution in [0.1, 0.15) is 18.5 Å². The van der Waals surface area contributed by atoms with Gasteiger partial charge >= 0.3 is 0 Å². The Hall–Kier alpha value is -2.22. The molecule has 1 aliphatic rings. The monoisotopic (exact) mass is 438 g/mol. The molecule has 0 bridgehead atoms. The van der Waals surface area contributed by atoms with E-state index in [-0.39, 0.29) is 0 Å². The summed E-state index contributed by atoms with van der Waals surface area (Å²) >= 11 is 0. The van der Waals surface area contributed by atoms with Crippen LogP contribution in [0.5, 0.6) is 0 Å². The molecule has 0 aromatic carbocycles. The molecular weight excluding hydrogens is 404 g/mol. The summed E-state index contributed by atoms with van der Waals surface area (Å²) in [7, 11) is -1.13. The molecule has 1 aliphatic heterocycles. The number of fused-ring (bicyclic) bond motifs is 1. The Morgan fingerprint density at radius 2 is 2.10 bits per heavy atom. The molecule has 0 amide bonds. The maximum Gasteiger partial charge on any atom is 0.128 e. The topological polar surface area (TPSA) is 61.2 Å². The van der Waals surface area contributed by atoms with Crippen molar-refractivity contribution >= 4 is 24.8 Å². The van der Waals surface area contributed by atoms with Gasteiger partial charge in [0, 0.05) is 56.4 Å². The number of aromatic nitrogens is 3. The fraction of sp³-hybridized carbons (Fsp3) is 0.500. The average molecular weight is 439 g/mol. The van der Waals surface area contributed by atoms with Crippen molar-refractivity contribution in [1.29, 1.82) is 0 Å². The van der Waals surface area contributed by atoms with E-state index in [2.05, 4.69) is 63.8 Å². The molecular formula is C24H34N4O2Si. The summed E-state index contributed by atoms with van der Waals surface area (Å²) in [6.07, 6.45) is 6.03. The van der Waals surface area contributed by atoms with Crippen molar-refractivity contribution in [3.05, 3.63) is 42.4 Å². The number of aryl methyl sites for hydroxylation is 1. The van der Waals surface area contributed by atoms with Crippen molar-refractivity contribution in [2.75, 3.05) is 25.1 Å². The Morgan fingerprint density at radius 3 is 2.84 bits per heavy atom. The molecule has 0 spiro atoms. The fourth-order valence-corrected chi connectivity index (χ4v) is 4.67. The van der Waals surface area contributed by atoms with Crippen molar-refractivity contribution < 1.29 is 9.47 Å². The Kier molecular flexibility index (Phi) is 6.74. The van der Waals surface area contributed by atoms with Gasteiger partial charge < -0.3 is 19.4 Å². The van der Waals surface area contributed by atoms with Crippen molar-refractivity contribution in [3.63, 3.8) is 0 Å². The molecule has 0 aliphatic carbocycles. The third-order valence-electron chi connectivity index (χ3n) is 5.71. The summed E-state index contributed by atoms with van der Waals surface area (Å²) in [5, 5.41) is 4.67. The van der Waals surface area contributed by atoms with Crippen LogP contribution in [0.25, 0.3) is 22.2 Å². The minimum atomic E-state index is -1.13. The van der Waals surface area contributed by atoms with Gasteiger partial charge in [-0.05, 0) is 44.0 Å². The summed E-state index contributed by atoms with van der Waals surface area (Å²) in [4.78, 5) is 9.03. The third-order valence-corrected chi connectivity index (χ3v) is 7.41. The molecule has 0 saturated carbocycles. The smallest absolute Gasteiger partial charge is 0.128 e. The number of rotatable bonds is 8. The lowest BCUT2D eigenvalue weighted by Gasteiger charge is -2.23. The lowest BCUT2D eigenvalue weighted by atomic mass is 10.1. The molecule has 6 nitrogen and oxygen atoms in total. The second-order valence-corrected chi connectivity index (χ2v) is 15.3. The molecule has 1 fully saturated rings. The number of pyridine rings is 2. The molecule has 0 unspecified atom stereocenters. The zero-order chi connectivity index (χ0) is 21.8. The van der Waals surface area contributed by atoms with E-state index < -0.39 is 8.07 Å². The maximum atomic E-state index is 6.17. The molecule has 0 radical (unpaired) electrons. The van der Waals surface area contributed by atoms with Crippen molar-refractivity contribution in [1.82, 2.24) is 14.5 Å². The Bertz CT molecular complexity index is 1020. The molecule has 3 aromatic heterocycles. The summed E-state index contributed by atoms with van der Waals surface area (Å²) in [5.74, 6) is 0.891. The summed E-state index contributed by atoms with van der Waals surface area (Å²) < 4.78 is 14.0. The van der Waals surface area contributed by atoms with Crippen molar-refractivity contribution in [3.8, 4) is 11.3 Å². The van der Waals surface area contributed by atoms with Crippen LogP contribution in [-0.4, -0.2) is 48.5 Å². The predicted octanol–water partition coefficient (Wildman–Crippen LogP) is 5.31. The number of hydrogen-bond donors (Lipinski definition) is 1. The van der Waals surface area contributed by atoms with E-state index in [0.717, 1.165) is 72.4 Å². The molecule has 1 atom stereocenters. The Labute approximate surface area is 186 Å². The minimum absolute atomic E-state index is 0.317. The average Bonchev–Trinajstić information content (AvgIpc) is 3.09. The van der Waals surface area contributed by atoms with Crippen LogP contribution in [0.2, 0.25) is 25.7 Å². The van der Waals surface area contributed by atoms with Crippen LogP contribution >= 0.6 is 0 Å². The SMILES string of the molecule is Cc1cc(-c2cc3cnc(N[C@H]4CCCOC4)cc3n2COCC[Si](C)(C)C)ccn1. The van der Waals surface area contributed by atoms with Gasteiger partial charge in [-0.3, -0.25) is 4.98 Å². The maximum absolute atomic E-state index is 6.17. The lowest BCUT2D eigenvalue weighted by molar-refractivity contribution is 0.0875. The highest BCUT2D eigenvalue weighted by Gasteiger charge is 2.17. The molecule has 166 valence electrons. The fourth-order valence-electron chi connectivity index (χ4n) is 3.92. The summed E-state index contributed by atoms with van der Waals surface area (Å²) in [6.45, 7) is 12.1. The van der Waals surface area contributed by atoms with Crippen LogP contribution in [-0.2, 0) is 16.2 Å². The normalized spacial score (nSPS) is 17.2. The van der Waals surface area contributed by atoms with Crippen LogP contribution in [0.3, 0.4) is 0 Å². The van der Waals surface area contributed by atoms with Gasteiger partial charge in [0.15, 0.2) is 0 Å². The Morgan fingerprint density at radius 1 is 1.23 bits per heavy atom. The highest BCUT2D eigenvalue weighted by atomic mass is 28.3. The first-order valence-corrected chi connectivity index (χ1v) is 14.9. The Balaban J connectivity index is 1.64. The van der Waals surface area contributed by atoms with E-state index in [9.17, 15) is 0 Å². The molecule has 4 rings (SSSR count). The molecule has 3 aromatic rings. The summed E-state index contributed by atoms with van der Waals surface area (Å²) in [5.41, 5.74) is 4.42. The first kappa shape index (κ1) is 22.0. The van der Waals surface area contributed by atoms with Crippen molar-refractivity contribution in [2.24, 2.45) is 0 Å². The van der Waals surface area contributed by atoms with E-state index >= 15 is 0 Å². The summed E-state index contributed by atoms with van der Waals surface area (Å²) in [6, 6.07) is 10.0. The number of anilines is 1. The van der Waals surface area contributed by atoms with E-state index in [0.29, 0.717) is 12.8 Å². The van der Waals surface area contributed by atoms with Crippen LogP contribution in [0, 0.1) is 6.92 Å².